The Labute approximate surface area is 110 Å². The van der Waals surface area contributed by atoms with Crippen molar-refractivity contribution in [1.29, 1.82) is 0 Å². The van der Waals surface area contributed by atoms with E-state index < -0.39 is 18.1 Å². The molecule has 104 valence electrons. The number of primary amides is 1. The van der Waals surface area contributed by atoms with E-state index in [9.17, 15) is 15.0 Å². The van der Waals surface area contributed by atoms with Crippen molar-refractivity contribution in [3.8, 4) is 0 Å². The molecule has 1 amide bonds. The molecule has 2 atom stereocenters. The Bertz CT molecular complexity index is 427. The van der Waals surface area contributed by atoms with Gasteiger partial charge in [0, 0.05) is 5.56 Å². The highest BCUT2D eigenvalue weighted by Gasteiger charge is 2.22. The van der Waals surface area contributed by atoms with E-state index in [1.807, 2.05) is 0 Å². The van der Waals surface area contributed by atoms with E-state index in [0.29, 0.717) is 18.8 Å². The number of amides is 1. The molecule has 6 nitrogen and oxygen atoms in total. The molecule has 1 aliphatic rings. The molecular weight excluding hydrogens is 250 g/mol. The van der Waals surface area contributed by atoms with Crippen molar-refractivity contribution in [1.82, 2.24) is 0 Å². The van der Waals surface area contributed by atoms with Crippen LogP contribution in [0, 0.1) is 0 Å². The number of carbonyl (C=O) groups is 1. The van der Waals surface area contributed by atoms with E-state index in [1.54, 1.807) is 24.3 Å². The Hall–Kier alpha value is -1.47. The van der Waals surface area contributed by atoms with Crippen LogP contribution in [-0.2, 0) is 14.3 Å². The van der Waals surface area contributed by atoms with Gasteiger partial charge in [0.1, 0.15) is 6.10 Å². The summed E-state index contributed by atoms with van der Waals surface area (Å²) in [6, 6.07) is 6.83. The molecule has 1 fully saturated rings. The molecule has 0 bridgehead atoms. The summed E-state index contributed by atoms with van der Waals surface area (Å²) in [6.45, 7) is 1.12. The second-order valence-corrected chi connectivity index (χ2v) is 4.42. The van der Waals surface area contributed by atoms with Crippen molar-refractivity contribution in [2.75, 3.05) is 13.2 Å². The Morgan fingerprint density at radius 3 is 2.37 bits per heavy atom. The van der Waals surface area contributed by atoms with Crippen LogP contribution in [0.5, 0.6) is 0 Å². The van der Waals surface area contributed by atoms with Crippen molar-refractivity contribution in [2.45, 2.75) is 24.9 Å². The number of hydrogen-bond acceptors (Lipinski definition) is 5. The molecule has 1 saturated heterocycles. The van der Waals surface area contributed by atoms with Crippen molar-refractivity contribution in [3.63, 3.8) is 0 Å². The second kappa shape index (κ2) is 6.12. The molecule has 4 N–H and O–H groups in total. The molecule has 0 aliphatic carbocycles. The molecule has 0 spiro atoms. The van der Waals surface area contributed by atoms with Crippen molar-refractivity contribution in [2.24, 2.45) is 5.73 Å². The molecule has 19 heavy (non-hydrogen) atoms. The van der Waals surface area contributed by atoms with E-state index in [1.165, 1.54) is 0 Å². The summed E-state index contributed by atoms with van der Waals surface area (Å²) in [4.78, 5) is 10.7. The third-order valence-electron chi connectivity index (χ3n) is 2.95. The van der Waals surface area contributed by atoms with E-state index >= 15 is 0 Å². The second-order valence-electron chi connectivity index (χ2n) is 4.42. The van der Waals surface area contributed by atoms with Gasteiger partial charge in [-0.25, -0.2) is 0 Å². The van der Waals surface area contributed by atoms with Crippen LogP contribution in [0.1, 0.15) is 29.9 Å². The zero-order valence-electron chi connectivity index (χ0n) is 10.4. The van der Waals surface area contributed by atoms with Gasteiger partial charge in [0.2, 0.25) is 5.91 Å². The maximum atomic E-state index is 10.7. The lowest BCUT2D eigenvalue weighted by Gasteiger charge is -2.17. The third-order valence-corrected chi connectivity index (χ3v) is 2.95. The van der Waals surface area contributed by atoms with Crippen molar-refractivity contribution in [3.05, 3.63) is 35.4 Å². The van der Waals surface area contributed by atoms with E-state index in [0.717, 1.165) is 5.56 Å². The molecule has 1 heterocycles. The molecule has 0 saturated carbocycles. The Morgan fingerprint density at radius 2 is 1.84 bits per heavy atom. The summed E-state index contributed by atoms with van der Waals surface area (Å²) in [6.07, 6.45) is -3.01. The minimum absolute atomic E-state index is 0.280. The zero-order valence-corrected chi connectivity index (χ0v) is 10.4. The number of carbonyl (C=O) groups excluding carboxylic acids is 1. The normalized spacial score (nSPS) is 19.3. The Morgan fingerprint density at radius 1 is 1.26 bits per heavy atom. The SMILES string of the molecule is NC(=O)CC(O)C(O)c1ccc(C2OCCO2)cc1. The summed E-state index contributed by atoms with van der Waals surface area (Å²) in [5, 5.41) is 19.5. The molecule has 1 aromatic rings. The lowest BCUT2D eigenvalue weighted by Crippen LogP contribution is -2.25. The molecule has 1 aliphatic heterocycles. The van der Waals surface area contributed by atoms with Crippen LogP contribution in [0.15, 0.2) is 24.3 Å². The maximum Gasteiger partial charge on any atom is 0.220 e. The van der Waals surface area contributed by atoms with Gasteiger partial charge in [-0.15, -0.1) is 0 Å². The highest BCUT2D eigenvalue weighted by molar-refractivity contribution is 5.74. The van der Waals surface area contributed by atoms with Gasteiger partial charge >= 0.3 is 0 Å². The van der Waals surface area contributed by atoms with Gasteiger partial charge in [0.15, 0.2) is 6.29 Å². The first kappa shape index (κ1) is 14.0. The molecule has 2 unspecified atom stereocenters. The first-order valence-electron chi connectivity index (χ1n) is 6.05. The summed E-state index contributed by atoms with van der Waals surface area (Å²) in [5.41, 5.74) is 6.33. The van der Waals surface area contributed by atoms with E-state index in [4.69, 9.17) is 15.2 Å². The van der Waals surface area contributed by atoms with Gasteiger partial charge in [0.25, 0.3) is 0 Å². The fourth-order valence-corrected chi connectivity index (χ4v) is 1.94. The summed E-state index contributed by atoms with van der Waals surface area (Å²) in [5.74, 6) is -0.657. The molecular formula is C13H17NO5. The van der Waals surface area contributed by atoms with Gasteiger partial charge in [-0.3, -0.25) is 4.79 Å². The Balaban J connectivity index is 2.02. The molecule has 1 aromatic carbocycles. The van der Waals surface area contributed by atoms with Gasteiger partial charge in [0.05, 0.1) is 25.7 Å². The quantitative estimate of drug-likeness (QED) is 0.697. The molecule has 2 rings (SSSR count). The minimum atomic E-state index is -1.21. The average molecular weight is 267 g/mol. The number of aliphatic hydroxyl groups is 2. The monoisotopic (exact) mass is 267 g/mol. The van der Waals surface area contributed by atoms with Crippen LogP contribution in [0.25, 0.3) is 0 Å². The summed E-state index contributed by atoms with van der Waals surface area (Å²) < 4.78 is 10.7. The zero-order chi connectivity index (χ0) is 13.8. The lowest BCUT2D eigenvalue weighted by atomic mass is 10.0. The van der Waals surface area contributed by atoms with Gasteiger partial charge in [-0.05, 0) is 5.56 Å². The highest BCUT2D eigenvalue weighted by Crippen LogP contribution is 2.25. The van der Waals surface area contributed by atoms with Crippen LogP contribution < -0.4 is 5.73 Å². The predicted molar refractivity (Wildman–Crippen MR) is 65.9 cm³/mol. The van der Waals surface area contributed by atoms with Crippen molar-refractivity contribution >= 4 is 5.91 Å². The van der Waals surface area contributed by atoms with Crippen LogP contribution in [0.2, 0.25) is 0 Å². The van der Waals surface area contributed by atoms with Crippen LogP contribution in [0.3, 0.4) is 0 Å². The minimum Gasteiger partial charge on any atom is -0.390 e. The fraction of sp³-hybridized carbons (Fsp3) is 0.462. The topological polar surface area (TPSA) is 102 Å². The third kappa shape index (κ3) is 3.51. The smallest absolute Gasteiger partial charge is 0.220 e. The predicted octanol–water partition coefficient (Wildman–Crippen LogP) is 0.00170. The van der Waals surface area contributed by atoms with E-state index in [2.05, 4.69) is 0 Å². The van der Waals surface area contributed by atoms with Crippen LogP contribution in [0.4, 0.5) is 0 Å². The largest absolute Gasteiger partial charge is 0.390 e. The first-order valence-corrected chi connectivity index (χ1v) is 6.05. The van der Waals surface area contributed by atoms with Gasteiger partial charge < -0.3 is 25.4 Å². The van der Waals surface area contributed by atoms with Gasteiger partial charge in [-0.2, -0.15) is 0 Å². The highest BCUT2D eigenvalue weighted by atomic mass is 16.7. The average Bonchev–Trinajstić information content (AvgIpc) is 2.91. The number of ether oxygens (including phenoxy) is 2. The summed E-state index contributed by atoms with van der Waals surface area (Å²) >= 11 is 0. The molecule has 0 aromatic heterocycles. The van der Waals surface area contributed by atoms with E-state index in [-0.39, 0.29) is 12.7 Å². The number of nitrogens with two attached hydrogens (primary N) is 1. The molecule has 6 heteroatoms. The Kier molecular flexibility index (Phi) is 4.49. The maximum absolute atomic E-state index is 10.7. The summed E-state index contributed by atoms with van der Waals surface area (Å²) in [7, 11) is 0. The van der Waals surface area contributed by atoms with Crippen LogP contribution in [-0.4, -0.2) is 35.4 Å². The fourth-order valence-electron chi connectivity index (χ4n) is 1.94. The number of hydrogen-bond donors (Lipinski definition) is 3. The first-order chi connectivity index (χ1) is 9.08. The number of rotatable bonds is 5. The van der Waals surface area contributed by atoms with Crippen molar-refractivity contribution < 1.29 is 24.5 Å². The van der Waals surface area contributed by atoms with Gasteiger partial charge in [-0.1, -0.05) is 24.3 Å². The molecule has 0 radical (unpaired) electrons. The number of aliphatic hydroxyl groups excluding tert-OH is 2. The lowest BCUT2D eigenvalue weighted by molar-refractivity contribution is -0.121. The van der Waals surface area contributed by atoms with Crippen LogP contribution >= 0.6 is 0 Å². The standard InChI is InChI=1S/C13H17NO5/c14-11(16)7-10(15)12(17)8-1-3-9(4-2-8)13-18-5-6-19-13/h1-4,10,12-13,15,17H,5-7H2,(H2,14,16). The number of benzene rings is 1.